The van der Waals surface area contributed by atoms with Gasteiger partial charge < -0.3 is 9.30 Å². The average Bonchev–Trinajstić information content (AvgIpc) is 3.31. The number of hydrogen-bond acceptors (Lipinski definition) is 6. The van der Waals surface area contributed by atoms with Crippen molar-refractivity contribution in [3.05, 3.63) is 83.2 Å². The van der Waals surface area contributed by atoms with E-state index in [0.29, 0.717) is 22.7 Å². The summed E-state index contributed by atoms with van der Waals surface area (Å²) in [5.74, 6) is -0.0496. The highest BCUT2D eigenvalue weighted by molar-refractivity contribution is 5.98. The van der Waals surface area contributed by atoms with Gasteiger partial charge in [-0.25, -0.2) is 9.67 Å². The highest BCUT2D eigenvalue weighted by Gasteiger charge is 2.16. The number of rotatable bonds is 5. The van der Waals surface area contributed by atoms with Crippen molar-refractivity contribution < 1.29 is 9.53 Å². The molecule has 0 atom stereocenters. The second-order valence-corrected chi connectivity index (χ2v) is 6.90. The van der Waals surface area contributed by atoms with E-state index >= 15 is 0 Å². The van der Waals surface area contributed by atoms with Gasteiger partial charge >= 0.3 is 0 Å². The lowest BCUT2D eigenvalue weighted by Gasteiger charge is -2.11. The molecule has 0 saturated carbocycles. The maximum Gasteiger partial charge on any atom is 0.266 e. The van der Waals surface area contributed by atoms with Crippen LogP contribution in [-0.4, -0.2) is 32.3 Å². The van der Waals surface area contributed by atoms with Crippen molar-refractivity contribution >= 4 is 5.91 Å². The second kappa shape index (κ2) is 8.57. The Bertz CT molecular complexity index is 1400. The van der Waals surface area contributed by atoms with E-state index in [4.69, 9.17) is 10.00 Å². The molecular formula is C23H18N6O3. The van der Waals surface area contributed by atoms with Crippen molar-refractivity contribution in [3.8, 4) is 40.0 Å². The van der Waals surface area contributed by atoms with Crippen LogP contribution in [0.5, 0.6) is 5.88 Å². The minimum atomic E-state index is -0.521. The summed E-state index contributed by atoms with van der Waals surface area (Å²) < 4.78 is 8.17. The first-order valence-corrected chi connectivity index (χ1v) is 9.57. The van der Waals surface area contributed by atoms with Crippen molar-refractivity contribution in [2.24, 2.45) is 7.05 Å². The van der Waals surface area contributed by atoms with Crippen molar-refractivity contribution in [1.29, 1.82) is 5.26 Å². The summed E-state index contributed by atoms with van der Waals surface area (Å²) in [4.78, 5) is 28.9. The van der Waals surface area contributed by atoms with Gasteiger partial charge in [0, 0.05) is 54.5 Å². The number of aryl methyl sites for hydroxylation is 1. The van der Waals surface area contributed by atoms with E-state index in [1.807, 2.05) is 6.07 Å². The van der Waals surface area contributed by atoms with Crippen LogP contribution in [0.3, 0.4) is 0 Å². The minimum Gasteiger partial charge on any atom is -0.481 e. The summed E-state index contributed by atoms with van der Waals surface area (Å²) in [6.07, 6.45) is 8.43. The zero-order chi connectivity index (χ0) is 22.7. The third kappa shape index (κ3) is 3.85. The number of aromatic nitrogens is 4. The Morgan fingerprint density at radius 3 is 2.62 bits per heavy atom. The van der Waals surface area contributed by atoms with Gasteiger partial charge in [-0.1, -0.05) is 12.1 Å². The third-order valence-electron chi connectivity index (χ3n) is 4.94. The van der Waals surface area contributed by atoms with Crippen LogP contribution in [0.2, 0.25) is 0 Å². The van der Waals surface area contributed by atoms with Crippen LogP contribution >= 0.6 is 0 Å². The Labute approximate surface area is 183 Å². The summed E-state index contributed by atoms with van der Waals surface area (Å²) >= 11 is 0. The van der Waals surface area contributed by atoms with Gasteiger partial charge in [0.25, 0.3) is 11.5 Å². The molecular weight excluding hydrogens is 408 g/mol. The molecule has 158 valence electrons. The van der Waals surface area contributed by atoms with Gasteiger partial charge in [0.05, 0.1) is 24.6 Å². The molecule has 0 aliphatic heterocycles. The van der Waals surface area contributed by atoms with Crippen LogP contribution < -0.4 is 15.6 Å². The lowest BCUT2D eigenvalue weighted by molar-refractivity contribution is 0.0972. The molecule has 32 heavy (non-hydrogen) atoms. The maximum atomic E-state index is 12.4. The number of carbonyl (C=O) groups is 1. The fourth-order valence-corrected chi connectivity index (χ4v) is 3.34. The van der Waals surface area contributed by atoms with Gasteiger partial charge in [-0.15, -0.1) is 0 Å². The predicted octanol–water partition coefficient (Wildman–Crippen LogP) is 2.52. The highest BCUT2D eigenvalue weighted by Crippen LogP contribution is 2.31. The third-order valence-corrected chi connectivity index (χ3v) is 4.94. The first kappa shape index (κ1) is 20.6. The zero-order valence-corrected chi connectivity index (χ0v) is 17.3. The molecule has 0 aliphatic carbocycles. The van der Waals surface area contributed by atoms with Gasteiger partial charge in [0.1, 0.15) is 0 Å². The van der Waals surface area contributed by atoms with E-state index in [0.717, 1.165) is 16.7 Å². The number of hydrogen-bond donors (Lipinski definition) is 1. The fraction of sp³-hybridized carbons (Fsp3) is 0.0870. The molecule has 9 heteroatoms. The van der Waals surface area contributed by atoms with Crippen LogP contribution in [0.15, 0.2) is 72.0 Å². The topological polar surface area (TPSA) is 115 Å². The van der Waals surface area contributed by atoms with Gasteiger partial charge in [0.15, 0.2) is 6.19 Å². The Morgan fingerprint density at radius 1 is 1.09 bits per heavy atom. The standard InChI is InChI=1S/C23H18N6O3/c1-28-13-19(18(9-22(28)30)15-7-8-21(32-2)25-10-15)16-11-27-29(12-16)20-6-4-3-5-17(20)23(31)26-14-24/h3-13H,1-2H3,(H,26,31). The average molecular weight is 426 g/mol. The Balaban J connectivity index is 1.82. The molecule has 0 unspecified atom stereocenters. The van der Waals surface area contributed by atoms with Crippen LogP contribution in [0.4, 0.5) is 0 Å². The minimum absolute atomic E-state index is 0.162. The van der Waals surface area contributed by atoms with Crippen LogP contribution in [0.1, 0.15) is 10.4 Å². The number of nitrogens with one attached hydrogen (secondary N) is 1. The van der Waals surface area contributed by atoms with E-state index in [1.165, 1.54) is 11.7 Å². The van der Waals surface area contributed by atoms with Crippen LogP contribution in [0, 0.1) is 11.5 Å². The molecule has 0 bridgehead atoms. The van der Waals surface area contributed by atoms with E-state index in [2.05, 4.69) is 15.4 Å². The van der Waals surface area contributed by atoms with E-state index in [9.17, 15) is 9.59 Å². The van der Waals surface area contributed by atoms with Crippen LogP contribution in [-0.2, 0) is 7.05 Å². The van der Waals surface area contributed by atoms with Gasteiger partial charge in [-0.2, -0.15) is 10.4 Å². The second-order valence-electron chi connectivity index (χ2n) is 6.90. The number of methoxy groups -OCH3 is 1. The molecule has 3 heterocycles. The molecule has 0 fully saturated rings. The first-order chi connectivity index (χ1) is 15.5. The van der Waals surface area contributed by atoms with E-state index in [1.54, 1.807) is 79.1 Å². The van der Waals surface area contributed by atoms with E-state index in [-0.39, 0.29) is 5.56 Å². The summed E-state index contributed by atoms with van der Waals surface area (Å²) in [7, 11) is 3.21. The molecule has 0 radical (unpaired) electrons. The molecule has 4 rings (SSSR count). The van der Waals surface area contributed by atoms with Crippen molar-refractivity contribution in [2.75, 3.05) is 7.11 Å². The molecule has 0 aliphatic rings. The molecule has 9 nitrogen and oxygen atoms in total. The van der Waals surface area contributed by atoms with Gasteiger partial charge in [-0.05, 0) is 23.8 Å². The number of para-hydroxylation sites is 1. The molecule has 0 saturated heterocycles. The molecule has 3 aromatic heterocycles. The molecule has 4 aromatic rings. The SMILES string of the molecule is COc1ccc(-c2cc(=O)n(C)cc2-c2cnn(-c3ccccc3C(=O)NC#N)c2)cn1. The summed E-state index contributed by atoms with van der Waals surface area (Å²) in [6, 6.07) is 11.9. The summed E-state index contributed by atoms with van der Waals surface area (Å²) in [5.41, 5.74) is 3.61. The number of ether oxygens (including phenoxy) is 1. The van der Waals surface area contributed by atoms with Crippen molar-refractivity contribution in [2.45, 2.75) is 0 Å². The summed E-state index contributed by atoms with van der Waals surface area (Å²) in [5, 5.41) is 15.3. The van der Waals surface area contributed by atoms with Crippen molar-refractivity contribution in [1.82, 2.24) is 24.6 Å². The number of nitriles is 1. The highest BCUT2D eigenvalue weighted by atomic mass is 16.5. The van der Waals surface area contributed by atoms with E-state index < -0.39 is 5.91 Å². The zero-order valence-electron chi connectivity index (χ0n) is 17.3. The number of benzene rings is 1. The fourth-order valence-electron chi connectivity index (χ4n) is 3.34. The number of carbonyl (C=O) groups excluding carboxylic acids is 1. The van der Waals surface area contributed by atoms with Gasteiger partial charge in [-0.3, -0.25) is 14.9 Å². The number of pyridine rings is 2. The predicted molar refractivity (Wildman–Crippen MR) is 117 cm³/mol. The lowest BCUT2D eigenvalue weighted by Crippen LogP contribution is -2.19. The lowest BCUT2D eigenvalue weighted by atomic mass is 9.99. The molecule has 1 amide bonds. The summed E-state index contributed by atoms with van der Waals surface area (Å²) in [6.45, 7) is 0. The first-order valence-electron chi connectivity index (χ1n) is 9.57. The quantitative estimate of drug-likeness (QED) is 0.387. The maximum absolute atomic E-state index is 12.4. The normalized spacial score (nSPS) is 10.4. The molecule has 1 aromatic carbocycles. The molecule has 1 N–H and O–H groups in total. The monoisotopic (exact) mass is 426 g/mol. The van der Waals surface area contributed by atoms with Crippen LogP contribution in [0.25, 0.3) is 27.9 Å². The van der Waals surface area contributed by atoms with Gasteiger partial charge in [0.2, 0.25) is 5.88 Å². The Hall–Kier alpha value is -4.71. The Morgan fingerprint density at radius 2 is 1.91 bits per heavy atom. The largest absolute Gasteiger partial charge is 0.481 e. The number of amides is 1. The molecule has 0 spiro atoms. The number of nitrogens with zero attached hydrogens (tertiary/aromatic N) is 5. The Kier molecular flexibility index (Phi) is 5.51. The van der Waals surface area contributed by atoms with Crippen molar-refractivity contribution in [3.63, 3.8) is 0 Å². The smallest absolute Gasteiger partial charge is 0.266 e.